The van der Waals surface area contributed by atoms with E-state index in [-0.39, 0.29) is 5.82 Å². The summed E-state index contributed by atoms with van der Waals surface area (Å²) < 4.78 is 38.7. The molecule has 21 heavy (non-hydrogen) atoms. The van der Waals surface area contributed by atoms with Crippen LogP contribution in [0.4, 0.5) is 10.2 Å². The summed E-state index contributed by atoms with van der Waals surface area (Å²) in [5.74, 6) is -2.69. The second-order valence-electron chi connectivity index (χ2n) is 4.05. The number of nitrogens with one attached hydrogen (secondary N) is 1. The van der Waals surface area contributed by atoms with Crippen molar-refractivity contribution in [2.75, 3.05) is 4.72 Å². The van der Waals surface area contributed by atoms with Gasteiger partial charge in [0.2, 0.25) is 10.0 Å². The minimum Gasteiger partial charge on any atom is -0.476 e. The third kappa shape index (κ3) is 3.96. The van der Waals surface area contributed by atoms with Crippen molar-refractivity contribution in [3.8, 4) is 0 Å². The molecule has 0 atom stereocenters. The highest BCUT2D eigenvalue weighted by molar-refractivity contribution is 7.91. The zero-order valence-electron chi connectivity index (χ0n) is 10.5. The molecule has 0 aliphatic rings. The van der Waals surface area contributed by atoms with E-state index in [1.807, 2.05) is 0 Å². The van der Waals surface area contributed by atoms with Crippen molar-refractivity contribution in [2.45, 2.75) is 5.75 Å². The van der Waals surface area contributed by atoms with E-state index in [4.69, 9.17) is 5.11 Å². The monoisotopic (exact) mass is 311 g/mol. The summed E-state index contributed by atoms with van der Waals surface area (Å²) in [6.45, 7) is 0. The fourth-order valence-corrected chi connectivity index (χ4v) is 2.70. The first-order chi connectivity index (χ1) is 9.87. The van der Waals surface area contributed by atoms with E-state index >= 15 is 0 Å². The summed E-state index contributed by atoms with van der Waals surface area (Å²) in [6, 6.07) is 4.92. The Hall–Kier alpha value is -2.55. The summed E-state index contributed by atoms with van der Waals surface area (Å²) in [4.78, 5) is 18.1. The molecule has 0 spiro atoms. The SMILES string of the molecule is O=C(O)c1nccnc1NS(=O)(=O)Cc1ccc(F)cc1. The van der Waals surface area contributed by atoms with Gasteiger partial charge in [0.1, 0.15) is 5.82 Å². The van der Waals surface area contributed by atoms with Gasteiger partial charge in [0.15, 0.2) is 11.5 Å². The Kier molecular flexibility index (Phi) is 4.13. The largest absolute Gasteiger partial charge is 0.476 e. The van der Waals surface area contributed by atoms with Gasteiger partial charge in [-0.3, -0.25) is 4.72 Å². The van der Waals surface area contributed by atoms with Crippen molar-refractivity contribution >= 4 is 21.8 Å². The van der Waals surface area contributed by atoms with Crippen LogP contribution in [0.15, 0.2) is 36.7 Å². The molecule has 0 unspecified atom stereocenters. The lowest BCUT2D eigenvalue weighted by Gasteiger charge is -2.08. The molecule has 110 valence electrons. The van der Waals surface area contributed by atoms with Gasteiger partial charge in [-0.25, -0.2) is 27.6 Å². The predicted octanol–water partition coefficient (Wildman–Crippen LogP) is 1.26. The lowest BCUT2D eigenvalue weighted by atomic mass is 10.2. The van der Waals surface area contributed by atoms with Crippen molar-refractivity contribution in [1.82, 2.24) is 9.97 Å². The van der Waals surface area contributed by atoms with Crippen LogP contribution in [0.25, 0.3) is 0 Å². The fraction of sp³-hybridized carbons (Fsp3) is 0.0833. The number of benzene rings is 1. The zero-order chi connectivity index (χ0) is 15.5. The Bertz CT molecular complexity index is 762. The highest BCUT2D eigenvalue weighted by Crippen LogP contribution is 2.14. The number of carboxylic acids is 1. The maximum atomic E-state index is 12.8. The molecule has 0 aliphatic carbocycles. The molecule has 0 radical (unpaired) electrons. The van der Waals surface area contributed by atoms with Gasteiger partial charge in [0.05, 0.1) is 5.75 Å². The number of carbonyl (C=O) groups is 1. The molecule has 2 rings (SSSR count). The molecule has 7 nitrogen and oxygen atoms in total. The summed E-state index contributed by atoms with van der Waals surface area (Å²) in [5, 5.41) is 8.90. The third-order valence-electron chi connectivity index (χ3n) is 2.42. The zero-order valence-corrected chi connectivity index (χ0v) is 11.3. The van der Waals surface area contributed by atoms with E-state index < -0.39 is 33.3 Å². The predicted molar refractivity (Wildman–Crippen MR) is 71.6 cm³/mol. The Balaban J connectivity index is 2.22. The molecule has 2 aromatic rings. The second kappa shape index (κ2) is 5.83. The summed E-state index contributed by atoms with van der Waals surface area (Å²) in [7, 11) is -3.89. The average molecular weight is 311 g/mol. The van der Waals surface area contributed by atoms with E-state index in [1.165, 1.54) is 18.3 Å². The van der Waals surface area contributed by atoms with Crippen LogP contribution in [0, 0.1) is 5.82 Å². The normalized spacial score (nSPS) is 11.1. The molecular weight excluding hydrogens is 301 g/mol. The smallest absolute Gasteiger partial charge is 0.358 e. The number of rotatable bonds is 5. The Morgan fingerprint density at radius 3 is 2.43 bits per heavy atom. The van der Waals surface area contributed by atoms with Gasteiger partial charge in [-0.1, -0.05) is 12.1 Å². The van der Waals surface area contributed by atoms with Crippen molar-refractivity contribution in [3.05, 3.63) is 53.7 Å². The van der Waals surface area contributed by atoms with E-state index in [0.717, 1.165) is 18.3 Å². The Morgan fingerprint density at radius 2 is 1.81 bits per heavy atom. The molecule has 1 heterocycles. The van der Waals surface area contributed by atoms with E-state index in [1.54, 1.807) is 0 Å². The first-order valence-electron chi connectivity index (χ1n) is 5.66. The quantitative estimate of drug-likeness (QED) is 0.860. The number of hydrogen-bond acceptors (Lipinski definition) is 5. The van der Waals surface area contributed by atoms with E-state index in [0.29, 0.717) is 5.56 Å². The van der Waals surface area contributed by atoms with Crippen LogP contribution < -0.4 is 4.72 Å². The Labute approximate surface area is 119 Å². The molecule has 9 heteroatoms. The van der Waals surface area contributed by atoms with Gasteiger partial charge in [0, 0.05) is 12.4 Å². The van der Waals surface area contributed by atoms with Crippen LogP contribution in [-0.4, -0.2) is 29.5 Å². The molecule has 0 bridgehead atoms. The lowest BCUT2D eigenvalue weighted by molar-refractivity contribution is 0.0691. The van der Waals surface area contributed by atoms with Crippen molar-refractivity contribution in [1.29, 1.82) is 0 Å². The molecule has 0 amide bonds. The van der Waals surface area contributed by atoms with Crippen LogP contribution in [0.1, 0.15) is 16.1 Å². The summed E-state index contributed by atoms with van der Waals surface area (Å²) >= 11 is 0. The van der Waals surface area contributed by atoms with Crippen LogP contribution in [0.5, 0.6) is 0 Å². The maximum Gasteiger partial charge on any atom is 0.358 e. The van der Waals surface area contributed by atoms with Crippen molar-refractivity contribution < 1.29 is 22.7 Å². The lowest BCUT2D eigenvalue weighted by Crippen LogP contribution is -2.19. The van der Waals surface area contributed by atoms with Crippen LogP contribution in [0.2, 0.25) is 0 Å². The van der Waals surface area contributed by atoms with Gasteiger partial charge in [0.25, 0.3) is 0 Å². The summed E-state index contributed by atoms with van der Waals surface area (Å²) in [5.41, 5.74) is -0.148. The van der Waals surface area contributed by atoms with Crippen LogP contribution in [0.3, 0.4) is 0 Å². The topological polar surface area (TPSA) is 109 Å². The highest BCUT2D eigenvalue weighted by atomic mass is 32.2. The Morgan fingerprint density at radius 1 is 1.19 bits per heavy atom. The van der Waals surface area contributed by atoms with Gasteiger partial charge >= 0.3 is 5.97 Å². The first kappa shape index (κ1) is 14.9. The molecule has 0 saturated carbocycles. The number of hydrogen-bond donors (Lipinski definition) is 2. The highest BCUT2D eigenvalue weighted by Gasteiger charge is 2.19. The number of carboxylic acid groups (broad SMARTS) is 1. The number of nitrogens with zero attached hydrogens (tertiary/aromatic N) is 2. The second-order valence-corrected chi connectivity index (χ2v) is 5.77. The van der Waals surface area contributed by atoms with Gasteiger partial charge < -0.3 is 5.11 Å². The minimum absolute atomic E-state index is 0.352. The van der Waals surface area contributed by atoms with Crippen molar-refractivity contribution in [2.24, 2.45) is 0 Å². The van der Waals surface area contributed by atoms with Crippen LogP contribution >= 0.6 is 0 Å². The maximum absolute atomic E-state index is 12.8. The molecule has 1 aromatic heterocycles. The molecular formula is C12H10FN3O4S. The number of aromatic carboxylic acids is 1. The molecule has 2 N–H and O–H groups in total. The molecule has 0 fully saturated rings. The van der Waals surface area contributed by atoms with E-state index in [2.05, 4.69) is 14.7 Å². The molecule has 1 aromatic carbocycles. The van der Waals surface area contributed by atoms with Gasteiger partial charge in [-0.05, 0) is 17.7 Å². The van der Waals surface area contributed by atoms with Gasteiger partial charge in [-0.2, -0.15) is 0 Å². The summed E-state index contributed by atoms with van der Waals surface area (Å²) in [6.07, 6.45) is 2.31. The van der Waals surface area contributed by atoms with Crippen LogP contribution in [-0.2, 0) is 15.8 Å². The average Bonchev–Trinajstić information content (AvgIpc) is 2.41. The number of halogens is 1. The van der Waals surface area contributed by atoms with Gasteiger partial charge in [-0.15, -0.1) is 0 Å². The number of sulfonamides is 1. The van der Waals surface area contributed by atoms with Crippen molar-refractivity contribution in [3.63, 3.8) is 0 Å². The third-order valence-corrected chi connectivity index (χ3v) is 3.64. The minimum atomic E-state index is -3.89. The van der Waals surface area contributed by atoms with E-state index in [9.17, 15) is 17.6 Å². The first-order valence-corrected chi connectivity index (χ1v) is 7.32. The number of anilines is 1. The standard InChI is InChI=1S/C12H10FN3O4S/c13-9-3-1-8(2-4-9)7-21(19,20)16-11-10(12(17)18)14-5-6-15-11/h1-6H,7H2,(H,15,16)(H,17,18). The number of aromatic nitrogens is 2. The fourth-order valence-electron chi connectivity index (χ4n) is 1.55. The molecule has 0 saturated heterocycles. The molecule has 0 aliphatic heterocycles.